The van der Waals surface area contributed by atoms with Crippen molar-refractivity contribution in [2.75, 3.05) is 6.61 Å². The molecule has 1 aliphatic heterocycles. The van der Waals surface area contributed by atoms with Gasteiger partial charge < -0.3 is 4.74 Å². The molecule has 0 aliphatic carbocycles. The van der Waals surface area contributed by atoms with Gasteiger partial charge in [0.1, 0.15) is 11.9 Å². The van der Waals surface area contributed by atoms with E-state index in [1.165, 1.54) is 47.0 Å². The van der Waals surface area contributed by atoms with Gasteiger partial charge in [-0.15, -0.1) is 0 Å². The first-order valence-corrected chi connectivity index (χ1v) is 10.8. The Labute approximate surface area is 190 Å². The molecule has 0 saturated carbocycles. The fraction of sp³-hybridized carbons (Fsp3) is 0.174. The highest BCUT2D eigenvalue weighted by molar-refractivity contribution is 7.07. The number of carbonyl (C=O) groups excluding carboxylic acids is 1. The van der Waals surface area contributed by atoms with Crippen LogP contribution < -0.4 is 14.9 Å². The second-order valence-corrected chi connectivity index (χ2v) is 8.18. The largest absolute Gasteiger partial charge is 0.463 e. The Morgan fingerprint density at radius 2 is 2.06 bits per heavy atom. The van der Waals surface area contributed by atoms with E-state index in [4.69, 9.17) is 4.74 Å². The van der Waals surface area contributed by atoms with E-state index in [0.29, 0.717) is 11.3 Å². The van der Waals surface area contributed by atoms with Crippen molar-refractivity contribution in [2.45, 2.75) is 19.9 Å². The van der Waals surface area contributed by atoms with Crippen LogP contribution in [0.4, 0.5) is 10.1 Å². The van der Waals surface area contributed by atoms with Crippen molar-refractivity contribution in [2.24, 2.45) is 4.99 Å². The van der Waals surface area contributed by atoms with Crippen LogP contribution in [0.1, 0.15) is 31.0 Å². The molecule has 0 bridgehead atoms. The third kappa shape index (κ3) is 4.12. The Hall–Kier alpha value is -3.92. The molecular weight excluding hydrogens is 449 g/mol. The van der Waals surface area contributed by atoms with Crippen molar-refractivity contribution in [3.8, 4) is 0 Å². The van der Waals surface area contributed by atoms with Crippen molar-refractivity contribution in [1.82, 2.24) is 4.57 Å². The van der Waals surface area contributed by atoms with Crippen molar-refractivity contribution in [3.05, 3.63) is 107 Å². The number of benzene rings is 2. The number of thiazole rings is 1. The molecule has 1 unspecified atom stereocenters. The van der Waals surface area contributed by atoms with Crippen LogP contribution in [0.15, 0.2) is 69.6 Å². The summed E-state index contributed by atoms with van der Waals surface area (Å²) in [5.74, 6) is -1.26. The first-order valence-electron chi connectivity index (χ1n) is 10.0. The van der Waals surface area contributed by atoms with Gasteiger partial charge in [-0.3, -0.25) is 19.5 Å². The van der Waals surface area contributed by atoms with E-state index in [1.807, 2.05) is 0 Å². The molecule has 0 radical (unpaired) electrons. The number of halogens is 1. The van der Waals surface area contributed by atoms with Gasteiger partial charge in [-0.25, -0.2) is 14.2 Å². The van der Waals surface area contributed by atoms with E-state index in [0.717, 1.165) is 11.3 Å². The molecule has 0 saturated heterocycles. The molecule has 8 nitrogen and oxygen atoms in total. The van der Waals surface area contributed by atoms with Crippen molar-refractivity contribution in [3.63, 3.8) is 0 Å². The van der Waals surface area contributed by atoms with Crippen LogP contribution in [0.25, 0.3) is 6.08 Å². The minimum Gasteiger partial charge on any atom is -0.463 e. The molecule has 0 fully saturated rings. The Kier molecular flexibility index (Phi) is 6.01. The lowest BCUT2D eigenvalue weighted by molar-refractivity contribution is -0.384. The van der Waals surface area contributed by atoms with E-state index in [-0.39, 0.29) is 32.8 Å². The second kappa shape index (κ2) is 8.91. The second-order valence-electron chi connectivity index (χ2n) is 7.18. The average Bonchev–Trinajstić information content (AvgIpc) is 3.08. The third-order valence-electron chi connectivity index (χ3n) is 5.10. The zero-order valence-electron chi connectivity index (χ0n) is 17.6. The number of nitrogens with zero attached hydrogens (tertiary/aromatic N) is 3. The van der Waals surface area contributed by atoms with E-state index in [9.17, 15) is 24.1 Å². The van der Waals surface area contributed by atoms with E-state index in [2.05, 4.69) is 4.99 Å². The van der Waals surface area contributed by atoms with Crippen molar-refractivity contribution >= 4 is 29.1 Å². The Balaban J connectivity index is 1.96. The maximum Gasteiger partial charge on any atom is 0.338 e. The van der Waals surface area contributed by atoms with Crippen LogP contribution in [-0.4, -0.2) is 22.1 Å². The SMILES string of the molecule is CCOC(=O)C1=C(C)N=c2s/c(=C/c3cccc([N+](=O)[O-])c3)c(=O)n2C1c1ccccc1F. The normalized spacial score (nSPS) is 15.7. The van der Waals surface area contributed by atoms with Crippen LogP contribution in [0, 0.1) is 15.9 Å². The number of hydrogen-bond donors (Lipinski definition) is 0. The maximum atomic E-state index is 14.8. The monoisotopic (exact) mass is 467 g/mol. The Morgan fingerprint density at radius 1 is 1.30 bits per heavy atom. The molecule has 4 rings (SSSR count). The highest BCUT2D eigenvalue weighted by Gasteiger charge is 2.34. The minimum absolute atomic E-state index is 0.0799. The van der Waals surface area contributed by atoms with E-state index < -0.39 is 28.3 Å². The summed E-state index contributed by atoms with van der Waals surface area (Å²) < 4.78 is 21.5. The molecule has 1 aromatic heterocycles. The summed E-state index contributed by atoms with van der Waals surface area (Å²) >= 11 is 1.06. The maximum absolute atomic E-state index is 14.8. The highest BCUT2D eigenvalue weighted by atomic mass is 32.1. The van der Waals surface area contributed by atoms with Gasteiger partial charge in [0.25, 0.3) is 11.2 Å². The fourth-order valence-electron chi connectivity index (χ4n) is 3.66. The molecule has 3 aromatic rings. The highest BCUT2D eigenvalue weighted by Crippen LogP contribution is 2.32. The summed E-state index contributed by atoms with van der Waals surface area (Å²) in [7, 11) is 0. The van der Waals surface area contributed by atoms with Gasteiger partial charge >= 0.3 is 5.97 Å². The van der Waals surface area contributed by atoms with Crippen molar-refractivity contribution in [1.29, 1.82) is 0 Å². The van der Waals surface area contributed by atoms with Crippen LogP contribution in [0.5, 0.6) is 0 Å². The lowest BCUT2D eigenvalue weighted by atomic mass is 9.95. The number of nitro groups is 1. The smallest absolute Gasteiger partial charge is 0.338 e. The number of rotatable bonds is 5. The molecule has 2 heterocycles. The van der Waals surface area contributed by atoms with Crippen LogP contribution in [0.3, 0.4) is 0 Å². The van der Waals surface area contributed by atoms with Crippen LogP contribution >= 0.6 is 11.3 Å². The molecule has 168 valence electrons. The van der Waals surface area contributed by atoms with Gasteiger partial charge in [-0.1, -0.05) is 41.7 Å². The molecule has 2 aromatic carbocycles. The lowest BCUT2D eigenvalue weighted by Gasteiger charge is -2.24. The molecule has 1 atom stereocenters. The van der Waals surface area contributed by atoms with Crippen molar-refractivity contribution < 1.29 is 18.8 Å². The molecule has 10 heteroatoms. The van der Waals surface area contributed by atoms with Gasteiger partial charge in [0.05, 0.1) is 27.3 Å². The van der Waals surface area contributed by atoms with Gasteiger partial charge in [-0.2, -0.15) is 0 Å². The molecule has 0 spiro atoms. The standard InChI is InChI=1S/C23H18FN3O5S/c1-3-32-22(29)19-13(2)25-23-26(20(19)16-9-4-5-10-17(16)24)21(28)18(33-23)12-14-7-6-8-15(11-14)27(30)31/h4-12,20H,3H2,1-2H3/b18-12+. The summed E-state index contributed by atoms with van der Waals surface area (Å²) in [5.41, 5.74) is 0.395. The molecular formula is C23H18FN3O5S. The Morgan fingerprint density at radius 3 is 2.76 bits per heavy atom. The van der Waals surface area contributed by atoms with Gasteiger partial charge in [-0.05, 0) is 31.6 Å². The van der Waals surface area contributed by atoms with Crippen LogP contribution in [-0.2, 0) is 9.53 Å². The minimum atomic E-state index is -1.06. The predicted octanol–water partition coefficient (Wildman–Crippen LogP) is 2.85. The number of aromatic nitrogens is 1. The summed E-state index contributed by atoms with van der Waals surface area (Å²) in [5, 5.41) is 11.1. The zero-order valence-corrected chi connectivity index (χ0v) is 18.5. The number of allylic oxidation sites excluding steroid dienone is 1. The first kappa shape index (κ1) is 22.3. The topological polar surface area (TPSA) is 104 Å². The number of ether oxygens (including phenoxy) is 1. The van der Waals surface area contributed by atoms with E-state index >= 15 is 0 Å². The predicted molar refractivity (Wildman–Crippen MR) is 120 cm³/mol. The number of non-ortho nitro benzene ring substituents is 1. The number of nitro benzene ring substituents is 1. The summed E-state index contributed by atoms with van der Waals surface area (Å²) in [6.45, 7) is 3.37. The quantitative estimate of drug-likeness (QED) is 0.326. The van der Waals surface area contributed by atoms with Gasteiger partial charge in [0, 0.05) is 17.7 Å². The summed E-state index contributed by atoms with van der Waals surface area (Å²) in [4.78, 5) is 41.5. The molecule has 0 amide bonds. The number of carbonyl (C=O) groups is 1. The van der Waals surface area contributed by atoms with Gasteiger partial charge in [0.15, 0.2) is 4.80 Å². The number of fused-ring (bicyclic) bond motifs is 1. The molecule has 0 N–H and O–H groups in total. The number of esters is 1. The van der Waals surface area contributed by atoms with E-state index in [1.54, 1.807) is 26.0 Å². The zero-order chi connectivity index (χ0) is 23.7. The Bertz CT molecular complexity index is 1490. The molecule has 33 heavy (non-hydrogen) atoms. The van der Waals surface area contributed by atoms with Crippen LogP contribution in [0.2, 0.25) is 0 Å². The fourth-order valence-corrected chi connectivity index (χ4v) is 4.71. The third-order valence-corrected chi connectivity index (χ3v) is 6.08. The summed E-state index contributed by atoms with van der Waals surface area (Å²) in [6, 6.07) is 10.7. The average molecular weight is 467 g/mol. The summed E-state index contributed by atoms with van der Waals surface area (Å²) in [6.07, 6.45) is 1.51. The van der Waals surface area contributed by atoms with Gasteiger partial charge in [0.2, 0.25) is 0 Å². The first-order chi connectivity index (χ1) is 15.8. The lowest BCUT2D eigenvalue weighted by Crippen LogP contribution is -2.40. The molecule has 1 aliphatic rings. The number of hydrogen-bond acceptors (Lipinski definition) is 7.